The molecule has 0 saturated carbocycles. The summed E-state index contributed by atoms with van der Waals surface area (Å²) in [5.74, 6) is 0.437. The van der Waals surface area contributed by atoms with Crippen LogP contribution >= 0.6 is 15.9 Å². The van der Waals surface area contributed by atoms with Gasteiger partial charge in [0.05, 0.1) is 13.0 Å². The maximum Gasteiger partial charge on any atom is 0.309 e. The molecule has 1 atom stereocenters. The van der Waals surface area contributed by atoms with Crippen molar-refractivity contribution in [3.05, 3.63) is 0 Å². The van der Waals surface area contributed by atoms with Crippen molar-refractivity contribution in [3.8, 4) is 0 Å². The van der Waals surface area contributed by atoms with E-state index in [0.29, 0.717) is 11.2 Å². The van der Waals surface area contributed by atoms with E-state index in [2.05, 4.69) is 34.5 Å². The van der Waals surface area contributed by atoms with Crippen LogP contribution in [0.25, 0.3) is 0 Å². The molecule has 0 aliphatic carbocycles. The first kappa shape index (κ1) is 11.0. The highest BCUT2D eigenvalue weighted by Crippen LogP contribution is 2.15. The second kappa shape index (κ2) is 5.58. The van der Waals surface area contributed by atoms with Gasteiger partial charge in [0.25, 0.3) is 0 Å². The first-order chi connectivity index (χ1) is 5.11. The molecule has 11 heavy (non-hydrogen) atoms. The van der Waals surface area contributed by atoms with Gasteiger partial charge in [-0.05, 0) is 12.3 Å². The van der Waals surface area contributed by atoms with Crippen LogP contribution in [0.1, 0.15) is 20.3 Å². The molecule has 0 aromatic carbocycles. The largest absolute Gasteiger partial charge is 0.469 e. The van der Waals surface area contributed by atoms with Crippen molar-refractivity contribution < 1.29 is 9.53 Å². The van der Waals surface area contributed by atoms with Crippen molar-refractivity contribution in [1.29, 1.82) is 0 Å². The minimum absolute atomic E-state index is 0.0139. The Bertz CT molecular complexity index is 123. The van der Waals surface area contributed by atoms with Gasteiger partial charge in [-0.25, -0.2) is 0 Å². The summed E-state index contributed by atoms with van der Waals surface area (Å²) >= 11 is 3.28. The molecule has 0 aromatic heterocycles. The second-order valence-electron chi connectivity index (χ2n) is 3.00. The molecule has 0 N–H and O–H groups in total. The second-order valence-corrected chi connectivity index (χ2v) is 3.65. The van der Waals surface area contributed by atoms with E-state index in [-0.39, 0.29) is 11.9 Å². The van der Waals surface area contributed by atoms with E-state index in [1.807, 2.05) is 0 Å². The highest BCUT2D eigenvalue weighted by molar-refractivity contribution is 9.09. The first-order valence-corrected chi connectivity index (χ1v) is 4.87. The Morgan fingerprint density at radius 3 is 2.36 bits per heavy atom. The molecule has 0 fully saturated rings. The summed E-state index contributed by atoms with van der Waals surface area (Å²) in [7, 11) is 1.43. The van der Waals surface area contributed by atoms with Crippen LogP contribution in [0.3, 0.4) is 0 Å². The van der Waals surface area contributed by atoms with Gasteiger partial charge in [0.15, 0.2) is 0 Å². The number of carbonyl (C=O) groups is 1. The number of rotatable bonds is 4. The van der Waals surface area contributed by atoms with Crippen molar-refractivity contribution in [2.75, 3.05) is 12.4 Å². The number of esters is 1. The lowest BCUT2D eigenvalue weighted by molar-refractivity contribution is -0.145. The normalized spacial score (nSPS) is 13.2. The number of alkyl halides is 1. The molecule has 0 radical (unpaired) electrons. The van der Waals surface area contributed by atoms with Crippen LogP contribution in [0.4, 0.5) is 0 Å². The van der Waals surface area contributed by atoms with Gasteiger partial charge in [-0.2, -0.15) is 0 Å². The van der Waals surface area contributed by atoms with Crippen LogP contribution in [0.15, 0.2) is 0 Å². The fourth-order valence-electron chi connectivity index (χ4n) is 0.958. The molecule has 0 unspecified atom stereocenters. The number of halogens is 1. The van der Waals surface area contributed by atoms with Gasteiger partial charge < -0.3 is 4.74 Å². The highest BCUT2D eigenvalue weighted by atomic mass is 79.9. The minimum Gasteiger partial charge on any atom is -0.469 e. The standard InChI is InChI=1S/C8H15BrO2/c1-6(2)4-7(5-9)8(10)11-3/h6-7H,4-5H2,1-3H3/t7-/m1/s1. The zero-order valence-electron chi connectivity index (χ0n) is 7.26. The van der Waals surface area contributed by atoms with E-state index >= 15 is 0 Å². The molecule has 0 spiro atoms. The Kier molecular flexibility index (Phi) is 5.56. The van der Waals surface area contributed by atoms with E-state index < -0.39 is 0 Å². The van der Waals surface area contributed by atoms with Crippen LogP contribution < -0.4 is 0 Å². The van der Waals surface area contributed by atoms with Crippen LogP contribution in [-0.4, -0.2) is 18.4 Å². The van der Waals surface area contributed by atoms with Crippen molar-refractivity contribution in [2.24, 2.45) is 11.8 Å². The number of ether oxygens (including phenoxy) is 1. The fraction of sp³-hybridized carbons (Fsp3) is 0.875. The van der Waals surface area contributed by atoms with Gasteiger partial charge in [0.2, 0.25) is 0 Å². The quantitative estimate of drug-likeness (QED) is 0.539. The molecule has 0 aromatic rings. The SMILES string of the molecule is COC(=O)[C@@H](CBr)CC(C)C. The van der Waals surface area contributed by atoms with E-state index in [1.165, 1.54) is 7.11 Å². The molecule has 2 nitrogen and oxygen atoms in total. The third kappa shape index (κ3) is 4.40. The molecule has 66 valence electrons. The monoisotopic (exact) mass is 222 g/mol. The van der Waals surface area contributed by atoms with E-state index in [1.54, 1.807) is 0 Å². The van der Waals surface area contributed by atoms with Crippen LogP contribution in [0.2, 0.25) is 0 Å². The molecule has 0 amide bonds. The lowest BCUT2D eigenvalue weighted by atomic mass is 9.99. The minimum atomic E-state index is -0.115. The van der Waals surface area contributed by atoms with Gasteiger partial charge in [0.1, 0.15) is 0 Å². The third-order valence-electron chi connectivity index (χ3n) is 1.48. The average molecular weight is 223 g/mol. The zero-order chi connectivity index (χ0) is 8.85. The first-order valence-electron chi connectivity index (χ1n) is 3.75. The molecule has 0 aliphatic heterocycles. The van der Waals surface area contributed by atoms with Crippen molar-refractivity contribution in [3.63, 3.8) is 0 Å². The molecule has 3 heteroatoms. The molecule has 0 heterocycles. The summed E-state index contributed by atoms with van der Waals surface area (Å²) in [4.78, 5) is 11.0. The molecule has 0 saturated heterocycles. The van der Waals surface area contributed by atoms with Gasteiger partial charge in [-0.15, -0.1) is 0 Å². The molecule has 0 rings (SSSR count). The van der Waals surface area contributed by atoms with Gasteiger partial charge in [-0.1, -0.05) is 29.8 Å². The maximum absolute atomic E-state index is 11.0. The van der Waals surface area contributed by atoms with Crippen LogP contribution in [-0.2, 0) is 9.53 Å². The van der Waals surface area contributed by atoms with Gasteiger partial charge in [0, 0.05) is 5.33 Å². The number of hydrogen-bond acceptors (Lipinski definition) is 2. The lowest BCUT2D eigenvalue weighted by Crippen LogP contribution is -2.19. The Morgan fingerprint density at radius 1 is 1.55 bits per heavy atom. The Morgan fingerprint density at radius 2 is 2.09 bits per heavy atom. The summed E-state index contributed by atoms with van der Waals surface area (Å²) in [5, 5.41) is 0.692. The Balaban J connectivity index is 3.84. The molecule has 0 aliphatic rings. The summed E-state index contributed by atoms with van der Waals surface area (Å²) in [6, 6.07) is 0. The van der Waals surface area contributed by atoms with Gasteiger partial charge >= 0.3 is 5.97 Å². The maximum atomic E-state index is 11.0. The van der Waals surface area contributed by atoms with E-state index in [9.17, 15) is 4.79 Å². The Hall–Kier alpha value is -0.0500. The fourth-order valence-corrected chi connectivity index (χ4v) is 1.49. The number of carbonyl (C=O) groups excluding carboxylic acids is 1. The summed E-state index contributed by atoms with van der Waals surface area (Å²) in [5.41, 5.74) is 0. The van der Waals surface area contributed by atoms with Crippen molar-refractivity contribution in [1.82, 2.24) is 0 Å². The average Bonchev–Trinajstić information content (AvgIpc) is 1.98. The lowest BCUT2D eigenvalue weighted by Gasteiger charge is -2.13. The van der Waals surface area contributed by atoms with Crippen molar-refractivity contribution in [2.45, 2.75) is 20.3 Å². The third-order valence-corrected chi connectivity index (χ3v) is 2.26. The van der Waals surface area contributed by atoms with E-state index in [0.717, 1.165) is 6.42 Å². The topological polar surface area (TPSA) is 26.3 Å². The Labute approximate surface area is 76.4 Å². The number of hydrogen-bond donors (Lipinski definition) is 0. The molecular weight excluding hydrogens is 208 g/mol. The predicted molar refractivity (Wildman–Crippen MR) is 48.8 cm³/mol. The van der Waals surface area contributed by atoms with Gasteiger partial charge in [-0.3, -0.25) is 4.79 Å². The predicted octanol–water partition coefficient (Wildman–Crippen LogP) is 2.22. The van der Waals surface area contributed by atoms with Crippen LogP contribution in [0.5, 0.6) is 0 Å². The van der Waals surface area contributed by atoms with Crippen LogP contribution in [0, 0.1) is 11.8 Å². The molecular formula is C8H15BrO2. The smallest absolute Gasteiger partial charge is 0.309 e. The highest BCUT2D eigenvalue weighted by Gasteiger charge is 2.18. The summed E-state index contributed by atoms with van der Waals surface area (Å²) in [6.45, 7) is 4.19. The molecule has 0 bridgehead atoms. The number of methoxy groups -OCH3 is 1. The van der Waals surface area contributed by atoms with Crippen molar-refractivity contribution >= 4 is 21.9 Å². The summed E-state index contributed by atoms with van der Waals surface area (Å²) < 4.78 is 4.64. The summed E-state index contributed by atoms with van der Waals surface area (Å²) in [6.07, 6.45) is 0.887. The van der Waals surface area contributed by atoms with E-state index in [4.69, 9.17) is 0 Å². The zero-order valence-corrected chi connectivity index (χ0v) is 8.85.